The fourth-order valence-corrected chi connectivity index (χ4v) is 5.75. The highest BCUT2D eigenvalue weighted by Gasteiger charge is 2.17. The molecule has 49 heavy (non-hydrogen) atoms. The van der Waals surface area contributed by atoms with Gasteiger partial charge >= 0.3 is 0 Å². The first-order valence-electron chi connectivity index (χ1n) is 20.7. The quantitative estimate of drug-likeness (QED) is 0.0455. The number of amides is 1. The Morgan fingerprint density at radius 1 is 0.510 bits per heavy atom. The number of hydrogen-bond acceptors (Lipinski definition) is 3. The van der Waals surface area contributed by atoms with Gasteiger partial charge in [0.25, 0.3) is 0 Å². The van der Waals surface area contributed by atoms with Crippen LogP contribution in [0.15, 0.2) is 72.9 Å². The number of rotatable bonds is 36. The van der Waals surface area contributed by atoms with Crippen LogP contribution >= 0.6 is 0 Å². The van der Waals surface area contributed by atoms with Crippen molar-refractivity contribution >= 4 is 5.91 Å². The molecule has 0 spiro atoms. The molecule has 0 bridgehead atoms. The summed E-state index contributed by atoms with van der Waals surface area (Å²) in [5.74, 6) is -0.110. The van der Waals surface area contributed by atoms with E-state index in [1.54, 1.807) is 6.08 Å². The van der Waals surface area contributed by atoms with Crippen LogP contribution in [-0.4, -0.2) is 34.9 Å². The molecule has 0 radical (unpaired) electrons. The molecule has 0 saturated carbocycles. The second-order valence-corrected chi connectivity index (χ2v) is 13.7. The van der Waals surface area contributed by atoms with Gasteiger partial charge in [0, 0.05) is 6.42 Å². The lowest BCUT2D eigenvalue weighted by molar-refractivity contribution is -0.123. The Bertz CT molecular complexity index is 868. The van der Waals surface area contributed by atoms with Crippen LogP contribution in [0, 0.1) is 0 Å². The molecule has 0 aromatic heterocycles. The van der Waals surface area contributed by atoms with Crippen molar-refractivity contribution in [2.75, 3.05) is 6.61 Å². The minimum absolute atomic E-state index is 0.110. The monoisotopic (exact) mass is 682 g/mol. The van der Waals surface area contributed by atoms with Gasteiger partial charge in [-0.05, 0) is 77.0 Å². The second kappa shape index (κ2) is 40.3. The Hall–Kier alpha value is -2.17. The van der Waals surface area contributed by atoms with E-state index in [1.807, 2.05) is 6.08 Å². The number of carbonyl (C=O) groups excluding carboxylic acids is 1. The number of nitrogens with one attached hydrogen (secondary N) is 1. The largest absolute Gasteiger partial charge is 0.394 e. The van der Waals surface area contributed by atoms with Crippen LogP contribution in [0.5, 0.6) is 0 Å². The molecule has 0 saturated heterocycles. The molecule has 0 heterocycles. The summed E-state index contributed by atoms with van der Waals surface area (Å²) >= 11 is 0. The molecule has 0 aliphatic rings. The SMILES string of the molecule is CC/C=C\C/C=C\C/C=C\CCCCCC(=O)NC(CO)C(O)/C=C/CC/C=C/CC/C=C/CCCCCCCCCCCCCCCC. The van der Waals surface area contributed by atoms with Crippen molar-refractivity contribution in [3.05, 3.63) is 72.9 Å². The molecule has 0 aromatic carbocycles. The molecule has 0 aliphatic heterocycles. The van der Waals surface area contributed by atoms with Gasteiger partial charge in [-0.3, -0.25) is 4.79 Å². The smallest absolute Gasteiger partial charge is 0.220 e. The van der Waals surface area contributed by atoms with Crippen molar-refractivity contribution in [1.29, 1.82) is 0 Å². The Morgan fingerprint density at radius 3 is 1.43 bits per heavy atom. The third kappa shape index (κ3) is 36.9. The summed E-state index contributed by atoms with van der Waals surface area (Å²) in [5, 5.41) is 22.9. The van der Waals surface area contributed by atoms with Crippen molar-refractivity contribution in [2.24, 2.45) is 0 Å². The molecule has 4 heteroatoms. The molecule has 0 aromatic rings. The standard InChI is InChI=1S/C45H79NO3/c1-3-5-7-9-11-13-15-17-18-19-20-21-22-23-24-25-26-27-29-30-32-34-36-38-40-44(48)43(42-47)46-45(49)41-39-37-35-33-31-28-16-14-12-10-8-6-4-2/h6,8,12,14,25-26,28,30-32,38,40,43-44,47-48H,3-5,7,9-11,13,15-24,27,29,33-37,39,41-42H2,1-2H3,(H,46,49)/b8-6-,14-12-,26-25+,31-28-,32-30+,40-38+. The molecule has 282 valence electrons. The maximum Gasteiger partial charge on any atom is 0.220 e. The minimum atomic E-state index is -0.885. The number of aliphatic hydroxyl groups is 2. The number of hydrogen-bond donors (Lipinski definition) is 3. The van der Waals surface area contributed by atoms with Crippen LogP contribution in [0.1, 0.15) is 187 Å². The molecule has 2 unspecified atom stereocenters. The highest BCUT2D eigenvalue weighted by molar-refractivity contribution is 5.76. The summed E-state index contributed by atoms with van der Waals surface area (Å²) in [6, 6.07) is -0.663. The van der Waals surface area contributed by atoms with Gasteiger partial charge in [-0.2, -0.15) is 0 Å². The highest BCUT2D eigenvalue weighted by Crippen LogP contribution is 2.14. The van der Waals surface area contributed by atoms with Crippen LogP contribution in [0.4, 0.5) is 0 Å². The third-order valence-electron chi connectivity index (χ3n) is 8.90. The maximum absolute atomic E-state index is 12.3. The van der Waals surface area contributed by atoms with Gasteiger partial charge in [0.05, 0.1) is 18.8 Å². The fourth-order valence-electron chi connectivity index (χ4n) is 5.75. The number of unbranched alkanes of at least 4 members (excludes halogenated alkanes) is 19. The molecule has 4 nitrogen and oxygen atoms in total. The summed E-state index contributed by atoms with van der Waals surface area (Å²) in [4.78, 5) is 12.3. The predicted octanol–water partition coefficient (Wildman–Crippen LogP) is 12.7. The topological polar surface area (TPSA) is 69.6 Å². The summed E-state index contributed by atoms with van der Waals surface area (Å²) in [6.07, 6.45) is 57.3. The number of carbonyl (C=O) groups is 1. The van der Waals surface area contributed by atoms with Crippen molar-refractivity contribution < 1.29 is 15.0 Å². The van der Waals surface area contributed by atoms with E-state index in [1.165, 1.54) is 96.3 Å². The first-order valence-corrected chi connectivity index (χ1v) is 20.7. The molecule has 0 rings (SSSR count). The van der Waals surface area contributed by atoms with E-state index in [2.05, 4.69) is 79.9 Å². The lowest BCUT2D eigenvalue weighted by Gasteiger charge is -2.19. The Morgan fingerprint density at radius 2 is 0.918 bits per heavy atom. The molecule has 2 atom stereocenters. The Balaban J connectivity index is 3.69. The lowest BCUT2D eigenvalue weighted by atomic mass is 10.0. The predicted molar refractivity (Wildman–Crippen MR) is 216 cm³/mol. The van der Waals surface area contributed by atoms with Gasteiger partial charge in [0.2, 0.25) is 5.91 Å². The van der Waals surface area contributed by atoms with Crippen molar-refractivity contribution in [3.63, 3.8) is 0 Å². The molecule has 3 N–H and O–H groups in total. The highest BCUT2D eigenvalue weighted by atomic mass is 16.3. The van der Waals surface area contributed by atoms with Gasteiger partial charge < -0.3 is 15.5 Å². The van der Waals surface area contributed by atoms with Gasteiger partial charge in [-0.15, -0.1) is 0 Å². The Kier molecular flexibility index (Phi) is 38.5. The lowest BCUT2D eigenvalue weighted by Crippen LogP contribution is -2.45. The molecular formula is C45H79NO3. The van der Waals surface area contributed by atoms with Crippen LogP contribution in [-0.2, 0) is 4.79 Å². The van der Waals surface area contributed by atoms with E-state index in [-0.39, 0.29) is 12.5 Å². The van der Waals surface area contributed by atoms with Crippen LogP contribution in [0.3, 0.4) is 0 Å². The van der Waals surface area contributed by atoms with Crippen molar-refractivity contribution in [2.45, 2.75) is 199 Å². The van der Waals surface area contributed by atoms with E-state index in [0.717, 1.165) is 70.6 Å². The molecular weight excluding hydrogens is 602 g/mol. The second-order valence-electron chi connectivity index (χ2n) is 13.7. The van der Waals surface area contributed by atoms with Crippen molar-refractivity contribution in [1.82, 2.24) is 5.32 Å². The van der Waals surface area contributed by atoms with E-state index in [4.69, 9.17) is 0 Å². The summed E-state index contributed by atoms with van der Waals surface area (Å²) in [5.41, 5.74) is 0. The van der Waals surface area contributed by atoms with Crippen LogP contribution < -0.4 is 5.32 Å². The molecule has 1 amide bonds. The average Bonchev–Trinajstić information content (AvgIpc) is 3.10. The van der Waals surface area contributed by atoms with Crippen molar-refractivity contribution in [3.8, 4) is 0 Å². The summed E-state index contributed by atoms with van der Waals surface area (Å²) in [7, 11) is 0. The molecule has 0 fully saturated rings. The third-order valence-corrected chi connectivity index (χ3v) is 8.90. The van der Waals surface area contributed by atoms with E-state index in [9.17, 15) is 15.0 Å². The molecule has 0 aliphatic carbocycles. The average molecular weight is 682 g/mol. The zero-order chi connectivity index (χ0) is 35.7. The zero-order valence-electron chi connectivity index (χ0n) is 32.2. The first-order chi connectivity index (χ1) is 24.2. The summed E-state index contributed by atoms with van der Waals surface area (Å²) < 4.78 is 0. The summed E-state index contributed by atoms with van der Waals surface area (Å²) in [6.45, 7) is 4.15. The fraction of sp³-hybridized carbons (Fsp3) is 0.711. The van der Waals surface area contributed by atoms with E-state index in [0.29, 0.717) is 6.42 Å². The minimum Gasteiger partial charge on any atom is -0.394 e. The maximum atomic E-state index is 12.3. The normalized spacial score (nSPS) is 13.8. The number of allylic oxidation sites excluding steroid dienone is 11. The van der Waals surface area contributed by atoms with Gasteiger partial charge in [0.1, 0.15) is 0 Å². The Labute approximate surface area is 304 Å². The van der Waals surface area contributed by atoms with E-state index < -0.39 is 12.1 Å². The van der Waals surface area contributed by atoms with Crippen LogP contribution in [0.2, 0.25) is 0 Å². The zero-order valence-corrected chi connectivity index (χ0v) is 32.2. The van der Waals surface area contributed by atoms with Gasteiger partial charge in [0.15, 0.2) is 0 Å². The number of aliphatic hydroxyl groups excluding tert-OH is 2. The first kappa shape index (κ1) is 46.8. The van der Waals surface area contributed by atoms with Gasteiger partial charge in [-0.1, -0.05) is 177 Å². The van der Waals surface area contributed by atoms with E-state index >= 15 is 0 Å². The van der Waals surface area contributed by atoms with Gasteiger partial charge in [-0.25, -0.2) is 0 Å². The van der Waals surface area contributed by atoms with Crippen LogP contribution in [0.25, 0.3) is 0 Å².